The van der Waals surface area contributed by atoms with Crippen LogP contribution in [0.5, 0.6) is 0 Å². The predicted octanol–water partition coefficient (Wildman–Crippen LogP) is 14.8. The van der Waals surface area contributed by atoms with Gasteiger partial charge in [-0.1, -0.05) is 159 Å². The van der Waals surface area contributed by atoms with Crippen LogP contribution in [0.25, 0.3) is 97.0 Å². The summed E-state index contributed by atoms with van der Waals surface area (Å²) in [6, 6.07) is 63.4. The van der Waals surface area contributed by atoms with Crippen molar-refractivity contribution in [3.63, 3.8) is 0 Å². The molecule has 0 saturated heterocycles. The molecule has 0 radical (unpaired) electrons. The van der Waals surface area contributed by atoms with Crippen LogP contribution in [0.4, 0.5) is 0 Å². The molecular formula is C51H34S. The Morgan fingerprint density at radius 2 is 0.981 bits per heavy atom. The van der Waals surface area contributed by atoms with E-state index in [4.69, 9.17) is 0 Å². The minimum absolute atomic E-state index is 0.166. The zero-order valence-electron chi connectivity index (χ0n) is 29.1. The summed E-state index contributed by atoms with van der Waals surface area (Å²) in [4.78, 5) is 0. The molecule has 1 heteroatoms. The molecule has 0 nitrogen and oxygen atoms in total. The van der Waals surface area contributed by atoms with Crippen molar-refractivity contribution >= 4 is 63.8 Å². The molecule has 11 rings (SSSR count). The van der Waals surface area contributed by atoms with Crippen molar-refractivity contribution in [1.82, 2.24) is 0 Å². The van der Waals surface area contributed by atoms with Gasteiger partial charge in [-0.05, 0) is 107 Å². The second kappa shape index (κ2) is 11.0. The van der Waals surface area contributed by atoms with Gasteiger partial charge in [0.2, 0.25) is 0 Å². The zero-order valence-corrected chi connectivity index (χ0v) is 29.9. The van der Waals surface area contributed by atoms with Crippen molar-refractivity contribution in [2.45, 2.75) is 19.3 Å². The second-order valence-electron chi connectivity index (χ2n) is 14.8. The van der Waals surface area contributed by atoms with Crippen LogP contribution in [0.2, 0.25) is 0 Å². The van der Waals surface area contributed by atoms with E-state index in [1.165, 1.54) is 108 Å². The first kappa shape index (κ1) is 29.7. The van der Waals surface area contributed by atoms with E-state index in [2.05, 4.69) is 184 Å². The Morgan fingerprint density at radius 3 is 1.75 bits per heavy atom. The predicted molar refractivity (Wildman–Crippen MR) is 226 cm³/mol. The van der Waals surface area contributed by atoms with Crippen LogP contribution in [0, 0.1) is 0 Å². The first-order valence-electron chi connectivity index (χ1n) is 18.2. The molecule has 1 aliphatic carbocycles. The summed E-state index contributed by atoms with van der Waals surface area (Å²) in [5.74, 6) is 0. The van der Waals surface area contributed by atoms with Gasteiger partial charge in [-0.3, -0.25) is 0 Å². The molecule has 0 saturated carbocycles. The molecule has 9 aromatic carbocycles. The van der Waals surface area contributed by atoms with E-state index < -0.39 is 0 Å². The van der Waals surface area contributed by atoms with Crippen LogP contribution in [-0.2, 0) is 5.41 Å². The van der Waals surface area contributed by atoms with Gasteiger partial charge in [0, 0.05) is 31.2 Å². The lowest BCUT2D eigenvalue weighted by atomic mass is 9.76. The van der Waals surface area contributed by atoms with E-state index in [1.807, 2.05) is 11.3 Å². The third-order valence-electron chi connectivity index (χ3n) is 11.6. The molecule has 0 amide bonds. The smallest absolute Gasteiger partial charge is 0.0437 e. The molecule has 1 aromatic heterocycles. The fourth-order valence-corrected chi connectivity index (χ4v) is 10.5. The van der Waals surface area contributed by atoms with E-state index in [0.717, 1.165) is 0 Å². The van der Waals surface area contributed by atoms with Crippen LogP contribution in [0.1, 0.15) is 25.0 Å². The number of hydrogen-bond acceptors (Lipinski definition) is 1. The summed E-state index contributed by atoms with van der Waals surface area (Å²) in [7, 11) is 0. The molecular weight excluding hydrogens is 645 g/mol. The second-order valence-corrected chi connectivity index (χ2v) is 15.9. The van der Waals surface area contributed by atoms with Gasteiger partial charge >= 0.3 is 0 Å². The van der Waals surface area contributed by atoms with Crippen molar-refractivity contribution in [2.75, 3.05) is 0 Å². The Balaban J connectivity index is 1.25. The summed E-state index contributed by atoms with van der Waals surface area (Å²) in [6.07, 6.45) is 0. The Kier molecular flexibility index (Phi) is 6.27. The van der Waals surface area contributed by atoms with Crippen LogP contribution in [0.15, 0.2) is 170 Å². The third kappa shape index (κ3) is 4.15. The average Bonchev–Trinajstić information content (AvgIpc) is 3.68. The SMILES string of the molecule is CC1(C)c2ccccc2-c2cc3c(sc4ccccc43)c(-c3c4ccccc4c(-c4cccc(-c5ccc6ccccc6c5)c4)c4ccccc34)c21. The fraction of sp³-hybridized carbons (Fsp3) is 0.0588. The van der Waals surface area contributed by atoms with E-state index in [0.29, 0.717) is 0 Å². The Hall–Kier alpha value is -6.02. The summed E-state index contributed by atoms with van der Waals surface area (Å²) in [6.45, 7) is 4.86. The first-order valence-corrected chi connectivity index (χ1v) is 19.0. The Labute approximate surface area is 307 Å². The highest BCUT2D eigenvalue weighted by Gasteiger charge is 2.39. The number of fused-ring (bicyclic) bond motifs is 9. The Morgan fingerprint density at radius 1 is 0.385 bits per heavy atom. The van der Waals surface area contributed by atoms with Crippen molar-refractivity contribution in [1.29, 1.82) is 0 Å². The highest BCUT2D eigenvalue weighted by Crippen LogP contribution is 2.58. The fourth-order valence-electron chi connectivity index (χ4n) is 9.29. The van der Waals surface area contributed by atoms with E-state index in [1.54, 1.807) is 0 Å². The van der Waals surface area contributed by atoms with Crippen LogP contribution in [0.3, 0.4) is 0 Å². The zero-order chi connectivity index (χ0) is 34.6. The molecule has 0 bridgehead atoms. The number of thiophene rings is 1. The van der Waals surface area contributed by atoms with Crippen molar-refractivity contribution in [3.8, 4) is 44.5 Å². The largest absolute Gasteiger partial charge is 0.135 e. The van der Waals surface area contributed by atoms with Crippen molar-refractivity contribution in [3.05, 3.63) is 181 Å². The maximum Gasteiger partial charge on any atom is 0.0437 e. The minimum atomic E-state index is -0.166. The van der Waals surface area contributed by atoms with Gasteiger partial charge in [0.25, 0.3) is 0 Å². The van der Waals surface area contributed by atoms with Crippen molar-refractivity contribution in [2.24, 2.45) is 0 Å². The summed E-state index contributed by atoms with van der Waals surface area (Å²) in [5.41, 5.74) is 13.1. The number of rotatable bonds is 3. The van der Waals surface area contributed by atoms with Gasteiger partial charge in [-0.25, -0.2) is 0 Å². The monoisotopic (exact) mass is 678 g/mol. The Bertz CT molecular complexity index is 3040. The van der Waals surface area contributed by atoms with Gasteiger partial charge in [0.15, 0.2) is 0 Å². The van der Waals surface area contributed by atoms with E-state index >= 15 is 0 Å². The standard InChI is InChI=1S/C51H34S/c1-51(2)44-24-11-9-18-36(44)42-30-43-37-19-10-12-25-45(37)52-50(43)48(49(42)51)47-40-22-7-5-20-38(40)46(39-21-6-8-23-41(39)47)35-17-13-16-33(29-35)34-27-26-31-14-3-4-15-32(31)28-34/h3-30H,1-2H3. The maximum absolute atomic E-state index is 2.50. The van der Waals surface area contributed by atoms with Crippen molar-refractivity contribution < 1.29 is 0 Å². The average molecular weight is 679 g/mol. The van der Waals surface area contributed by atoms with Gasteiger partial charge in [0.1, 0.15) is 0 Å². The molecule has 0 fully saturated rings. The van der Waals surface area contributed by atoms with E-state index in [9.17, 15) is 0 Å². The van der Waals surface area contributed by atoms with Crippen LogP contribution < -0.4 is 0 Å². The molecule has 10 aromatic rings. The summed E-state index contributed by atoms with van der Waals surface area (Å²) in [5, 5.41) is 10.4. The molecule has 0 N–H and O–H groups in total. The quantitative estimate of drug-likeness (QED) is 0.163. The molecule has 0 unspecified atom stereocenters. The van der Waals surface area contributed by atoms with Gasteiger partial charge in [-0.2, -0.15) is 0 Å². The molecule has 1 aliphatic rings. The third-order valence-corrected chi connectivity index (χ3v) is 12.8. The molecule has 0 spiro atoms. The molecule has 1 heterocycles. The number of benzene rings is 9. The lowest BCUT2D eigenvalue weighted by Gasteiger charge is -2.27. The van der Waals surface area contributed by atoms with Gasteiger partial charge < -0.3 is 0 Å². The van der Waals surface area contributed by atoms with Gasteiger partial charge in [0.05, 0.1) is 0 Å². The van der Waals surface area contributed by atoms with Gasteiger partial charge in [-0.15, -0.1) is 11.3 Å². The normalized spacial score (nSPS) is 13.3. The van der Waals surface area contributed by atoms with E-state index in [-0.39, 0.29) is 5.41 Å². The molecule has 0 atom stereocenters. The van der Waals surface area contributed by atoms with Crippen LogP contribution >= 0.6 is 11.3 Å². The minimum Gasteiger partial charge on any atom is -0.135 e. The lowest BCUT2D eigenvalue weighted by Crippen LogP contribution is -2.16. The highest BCUT2D eigenvalue weighted by atomic mass is 32.1. The first-order chi connectivity index (χ1) is 25.6. The highest BCUT2D eigenvalue weighted by molar-refractivity contribution is 7.26. The van der Waals surface area contributed by atoms with Crippen LogP contribution in [-0.4, -0.2) is 0 Å². The lowest BCUT2D eigenvalue weighted by molar-refractivity contribution is 0.663. The molecule has 244 valence electrons. The molecule has 52 heavy (non-hydrogen) atoms. The maximum atomic E-state index is 2.50. The number of hydrogen-bond donors (Lipinski definition) is 0. The summed E-state index contributed by atoms with van der Waals surface area (Å²) >= 11 is 1.95. The topological polar surface area (TPSA) is 0 Å². The summed E-state index contributed by atoms with van der Waals surface area (Å²) < 4.78 is 2.71. The molecule has 0 aliphatic heterocycles.